The Morgan fingerprint density at radius 1 is 1.44 bits per heavy atom. The largest absolute Gasteiger partial charge is 0.464 e. The molecule has 1 heterocycles. The molecular weight excluding hydrogens is 236 g/mol. The zero-order valence-electron chi connectivity index (χ0n) is 8.95. The Kier molecular flexibility index (Phi) is 5.79. The van der Waals surface area contributed by atoms with Crippen molar-refractivity contribution in [2.75, 3.05) is 6.54 Å². The van der Waals surface area contributed by atoms with Gasteiger partial charge in [-0.2, -0.15) is 8.78 Å². The highest BCUT2D eigenvalue weighted by molar-refractivity contribution is 7.98. The predicted octanol–water partition coefficient (Wildman–Crippen LogP) is 2.21. The van der Waals surface area contributed by atoms with Crippen molar-refractivity contribution in [1.82, 2.24) is 5.32 Å². The molecule has 0 spiro atoms. The Morgan fingerprint density at radius 3 is 2.75 bits per heavy atom. The Balaban J connectivity index is 2.28. The van der Waals surface area contributed by atoms with Crippen LogP contribution in [0.1, 0.15) is 18.4 Å². The van der Waals surface area contributed by atoms with Crippen molar-refractivity contribution in [3.05, 3.63) is 23.7 Å². The van der Waals surface area contributed by atoms with Gasteiger partial charge in [0.15, 0.2) is 0 Å². The summed E-state index contributed by atoms with van der Waals surface area (Å²) in [7, 11) is 0. The van der Waals surface area contributed by atoms with Gasteiger partial charge >= 0.3 is 0 Å². The second kappa shape index (κ2) is 6.88. The smallest absolute Gasteiger partial charge is 0.284 e. The molecule has 0 fully saturated rings. The monoisotopic (exact) mass is 251 g/mol. The molecule has 1 atom stereocenters. The highest BCUT2D eigenvalue weighted by Gasteiger charge is 2.07. The summed E-state index contributed by atoms with van der Waals surface area (Å²) in [5.74, 6) is -0.972. The number of thioether (sulfide) groups is 1. The number of hydrogen-bond acceptors (Lipinski definition) is 4. The van der Waals surface area contributed by atoms with E-state index < -0.39 is 11.9 Å². The number of alkyl halides is 2. The van der Waals surface area contributed by atoms with Crippen LogP contribution in [0.5, 0.6) is 0 Å². The van der Waals surface area contributed by atoms with E-state index in [2.05, 4.69) is 5.32 Å². The Morgan fingerprint density at radius 2 is 2.12 bits per heavy atom. The van der Waals surface area contributed by atoms with E-state index in [-0.39, 0.29) is 5.75 Å². The molecule has 0 aromatic carbocycles. The zero-order valence-corrected chi connectivity index (χ0v) is 9.77. The van der Waals surface area contributed by atoms with E-state index >= 15 is 0 Å². The van der Waals surface area contributed by atoms with Crippen LogP contribution in [0, 0.1) is 0 Å². The molecule has 0 saturated carbocycles. The molecule has 0 unspecified atom stereocenters. The number of rotatable bonds is 7. The van der Waals surface area contributed by atoms with Crippen LogP contribution in [0.15, 0.2) is 16.5 Å². The van der Waals surface area contributed by atoms with Crippen LogP contribution < -0.4 is 5.32 Å². The van der Waals surface area contributed by atoms with Crippen LogP contribution in [0.25, 0.3) is 0 Å². The number of halogens is 2. The lowest BCUT2D eigenvalue weighted by Crippen LogP contribution is -2.23. The van der Waals surface area contributed by atoms with E-state index in [9.17, 15) is 8.78 Å². The molecule has 1 aromatic rings. The number of furan rings is 1. The van der Waals surface area contributed by atoms with Crippen molar-refractivity contribution >= 4 is 11.8 Å². The Bertz CT molecular complexity index is 305. The van der Waals surface area contributed by atoms with Gasteiger partial charge in [0.2, 0.25) is 0 Å². The maximum absolute atomic E-state index is 11.9. The fourth-order valence-corrected chi connectivity index (χ4v) is 1.59. The molecule has 2 N–H and O–H groups in total. The molecule has 0 aliphatic rings. The van der Waals surface area contributed by atoms with Gasteiger partial charge in [-0.3, -0.25) is 0 Å². The molecule has 0 bridgehead atoms. The average molecular weight is 251 g/mol. The molecule has 1 aromatic heterocycles. The van der Waals surface area contributed by atoms with Gasteiger partial charge in [-0.05, 0) is 19.1 Å². The van der Waals surface area contributed by atoms with Gasteiger partial charge in [-0.25, -0.2) is 0 Å². The summed E-state index contributed by atoms with van der Waals surface area (Å²) in [6.45, 7) is 2.64. The molecule has 0 radical (unpaired) electrons. The lowest BCUT2D eigenvalue weighted by molar-refractivity contribution is 0.190. The Hall–Kier alpha value is -0.590. The third-order valence-corrected chi connectivity index (χ3v) is 2.51. The van der Waals surface area contributed by atoms with Gasteiger partial charge < -0.3 is 14.8 Å². The first-order valence-corrected chi connectivity index (χ1v) is 5.99. The topological polar surface area (TPSA) is 45.4 Å². The van der Waals surface area contributed by atoms with Gasteiger partial charge in [0, 0.05) is 6.54 Å². The lowest BCUT2D eigenvalue weighted by atomic mass is 10.4. The number of hydrogen-bond donors (Lipinski definition) is 2. The predicted molar refractivity (Wildman–Crippen MR) is 59.4 cm³/mol. The fraction of sp³-hybridized carbons (Fsp3) is 0.600. The first-order chi connectivity index (χ1) is 7.58. The van der Waals surface area contributed by atoms with Crippen LogP contribution in [0.3, 0.4) is 0 Å². The third kappa shape index (κ3) is 5.48. The standard InChI is InChI=1S/C10H15F2NO2S/c1-7(14)4-13-5-8-2-3-9(15-8)6-16-10(11)12/h2-3,7,10,13-14H,4-6H2,1H3/t7-/m0/s1. The maximum Gasteiger partial charge on any atom is 0.284 e. The minimum atomic E-state index is -2.37. The molecular formula is C10H15F2NO2S. The van der Waals surface area contributed by atoms with E-state index in [1.54, 1.807) is 19.1 Å². The van der Waals surface area contributed by atoms with Gasteiger partial charge in [0.1, 0.15) is 11.5 Å². The molecule has 1 rings (SSSR count). The molecule has 0 saturated heterocycles. The van der Waals surface area contributed by atoms with Crippen LogP contribution in [0.2, 0.25) is 0 Å². The molecule has 92 valence electrons. The number of aliphatic hydroxyl groups is 1. The summed E-state index contributed by atoms with van der Waals surface area (Å²) >= 11 is 0.539. The SMILES string of the molecule is C[C@H](O)CNCc1ccc(CSC(F)F)o1. The third-order valence-electron chi connectivity index (χ3n) is 1.81. The van der Waals surface area contributed by atoms with Crippen molar-refractivity contribution in [2.45, 2.75) is 31.1 Å². The Labute approximate surface area is 97.2 Å². The van der Waals surface area contributed by atoms with Crippen LogP contribution in [0.4, 0.5) is 8.78 Å². The average Bonchev–Trinajstić information content (AvgIpc) is 2.62. The van der Waals surface area contributed by atoms with Gasteiger partial charge in [0.25, 0.3) is 5.76 Å². The van der Waals surface area contributed by atoms with E-state index in [0.717, 1.165) is 0 Å². The van der Waals surface area contributed by atoms with Crippen molar-refractivity contribution in [3.8, 4) is 0 Å². The molecule has 6 heteroatoms. The van der Waals surface area contributed by atoms with E-state index in [4.69, 9.17) is 9.52 Å². The normalized spacial score (nSPS) is 13.3. The molecule has 0 aliphatic heterocycles. The summed E-state index contributed by atoms with van der Waals surface area (Å²) in [4.78, 5) is 0. The highest BCUT2D eigenvalue weighted by Crippen LogP contribution is 2.21. The van der Waals surface area contributed by atoms with Crippen LogP contribution >= 0.6 is 11.8 Å². The van der Waals surface area contributed by atoms with Crippen molar-refractivity contribution in [3.63, 3.8) is 0 Å². The highest BCUT2D eigenvalue weighted by atomic mass is 32.2. The fourth-order valence-electron chi connectivity index (χ4n) is 1.14. The minimum Gasteiger partial charge on any atom is -0.464 e. The lowest BCUT2D eigenvalue weighted by Gasteiger charge is -2.04. The van der Waals surface area contributed by atoms with Crippen molar-refractivity contribution in [2.24, 2.45) is 0 Å². The molecule has 0 aliphatic carbocycles. The van der Waals surface area contributed by atoms with Crippen LogP contribution in [-0.2, 0) is 12.3 Å². The zero-order chi connectivity index (χ0) is 12.0. The second-order valence-corrected chi connectivity index (χ2v) is 4.40. The quantitative estimate of drug-likeness (QED) is 0.780. The van der Waals surface area contributed by atoms with Crippen molar-refractivity contribution < 1.29 is 18.3 Å². The molecule has 3 nitrogen and oxygen atoms in total. The maximum atomic E-state index is 11.9. The van der Waals surface area contributed by atoms with E-state index in [0.29, 0.717) is 36.4 Å². The summed E-state index contributed by atoms with van der Waals surface area (Å²) < 4.78 is 29.1. The second-order valence-electron chi connectivity index (χ2n) is 3.42. The van der Waals surface area contributed by atoms with Crippen molar-refractivity contribution in [1.29, 1.82) is 0 Å². The van der Waals surface area contributed by atoms with Crippen LogP contribution in [-0.4, -0.2) is 23.5 Å². The van der Waals surface area contributed by atoms with Gasteiger partial charge in [-0.15, -0.1) is 0 Å². The number of nitrogens with one attached hydrogen (secondary N) is 1. The first kappa shape index (κ1) is 13.5. The number of aliphatic hydroxyl groups excluding tert-OH is 1. The van der Waals surface area contributed by atoms with E-state index in [1.807, 2.05) is 0 Å². The minimum absolute atomic E-state index is 0.175. The first-order valence-electron chi connectivity index (χ1n) is 4.94. The summed E-state index contributed by atoms with van der Waals surface area (Å²) in [6.07, 6.45) is -0.413. The van der Waals surface area contributed by atoms with Gasteiger partial charge in [0.05, 0.1) is 18.4 Å². The summed E-state index contributed by atoms with van der Waals surface area (Å²) in [5, 5.41) is 12.0. The van der Waals surface area contributed by atoms with Gasteiger partial charge in [-0.1, -0.05) is 11.8 Å². The summed E-state index contributed by atoms with van der Waals surface area (Å²) in [5.41, 5.74) is 0. The van der Waals surface area contributed by atoms with E-state index in [1.165, 1.54) is 0 Å². The summed E-state index contributed by atoms with van der Waals surface area (Å²) in [6, 6.07) is 3.44. The molecule has 0 amide bonds. The molecule has 16 heavy (non-hydrogen) atoms.